The Bertz CT molecular complexity index is 566. The molecule has 0 saturated heterocycles. The number of carbonyl (C=O) groups excluding carboxylic acids is 1. The first-order chi connectivity index (χ1) is 8.63. The maximum atomic E-state index is 12.2. The molecule has 0 fully saturated rings. The molecule has 0 spiro atoms. The number of para-hydroxylation sites is 2. The summed E-state index contributed by atoms with van der Waals surface area (Å²) in [5.74, 6) is 0.546. The lowest BCUT2D eigenvalue weighted by molar-refractivity contribution is 0.0988. The maximum Gasteiger partial charge on any atom is 0.274 e. The van der Waals surface area contributed by atoms with Gasteiger partial charge in [-0.05, 0) is 34.1 Å². The Morgan fingerprint density at radius 2 is 2.11 bits per heavy atom. The van der Waals surface area contributed by atoms with Crippen LogP contribution in [0.1, 0.15) is 10.5 Å². The fourth-order valence-corrected chi connectivity index (χ4v) is 2.03. The first-order valence-electron chi connectivity index (χ1n) is 5.38. The molecule has 4 nitrogen and oxygen atoms in total. The molecule has 0 saturated carbocycles. The van der Waals surface area contributed by atoms with E-state index >= 15 is 0 Å². The number of hydrogen-bond donors (Lipinski definition) is 1. The highest BCUT2D eigenvalue weighted by atomic mass is 79.9. The van der Waals surface area contributed by atoms with E-state index in [1.807, 2.05) is 24.3 Å². The highest BCUT2D eigenvalue weighted by Gasteiger charge is 2.17. The van der Waals surface area contributed by atoms with Crippen molar-refractivity contribution in [3.8, 4) is 5.75 Å². The van der Waals surface area contributed by atoms with E-state index in [4.69, 9.17) is 4.74 Å². The van der Waals surface area contributed by atoms with Crippen LogP contribution < -0.4 is 9.64 Å². The Labute approximate surface area is 114 Å². The summed E-state index contributed by atoms with van der Waals surface area (Å²) in [6.45, 7) is 0. The van der Waals surface area contributed by atoms with Crippen molar-refractivity contribution in [2.24, 2.45) is 0 Å². The van der Waals surface area contributed by atoms with Crippen LogP contribution in [0.2, 0.25) is 0 Å². The third-order valence-electron chi connectivity index (χ3n) is 2.63. The Kier molecular flexibility index (Phi) is 3.72. The summed E-state index contributed by atoms with van der Waals surface area (Å²) < 4.78 is 6.09. The zero-order chi connectivity index (χ0) is 13.1. The molecule has 5 heteroatoms. The second-order valence-electron chi connectivity index (χ2n) is 3.77. The van der Waals surface area contributed by atoms with Crippen molar-refractivity contribution in [1.29, 1.82) is 0 Å². The molecule has 2 rings (SSSR count). The summed E-state index contributed by atoms with van der Waals surface area (Å²) >= 11 is 3.31. The van der Waals surface area contributed by atoms with Crippen molar-refractivity contribution in [2.75, 3.05) is 19.1 Å². The molecule has 94 valence electrons. The molecule has 1 N–H and O–H groups in total. The SMILES string of the molecule is COc1ccccc1N(C)C(=O)c1cc(Br)c[nH]1. The second kappa shape index (κ2) is 5.27. The van der Waals surface area contributed by atoms with Gasteiger partial charge in [-0.3, -0.25) is 4.79 Å². The van der Waals surface area contributed by atoms with Crippen molar-refractivity contribution in [3.63, 3.8) is 0 Å². The summed E-state index contributed by atoms with van der Waals surface area (Å²) in [5.41, 5.74) is 1.26. The van der Waals surface area contributed by atoms with Gasteiger partial charge in [0, 0.05) is 17.7 Å². The highest BCUT2D eigenvalue weighted by Crippen LogP contribution is 2.27. The summed E-state index contributed by atoms with van der Waals surface area (Å²) in [5, 5.41) is 0. The fraction of sp³-hybridized carbons (Fsp3) is 0.154. The van der Waals surface area contributed by atoms with Gasteiger partial charge in [-0.2, -0.15) is 0 Å². The third-order valence-corrected chi connectivity index (χ3v) is 3.09. The average molecular weight is 309 g/mol. The van der Waals surface area contributed by atoms with Gasteiger partial charge in [-0.15, -0.1) is 0 Å². The molecule has 0 unspecified atom stereocenters. The summed E-state index contributed by atoms with van der Waals surface area (Å²) in [4.78, 5) is 16.7. The minimum absolute atomic E-state index is 0.120. The molecule has 2 aromatic rings. The lowest BCUT2D eigenvalue weighted by atomic mass is 10.2. The number of aromatic nitrogens is 1. The third kappa shape index (κ3) is 2.41. The van der Waals surface area contributed by atoms with Crippen molar-refractivity contribution < 1.29 is 9.53 Å². The number of nitrogens with one attached hydrogen (secondary N) is 1. The molecular weight excluding hydrogens is 296 g/mol. The van der Waals surface area contributed by atoms with Gasteiger partial charge in [0.2, 0.25) is 0 Å². The second-order valence-corrected chi connectivity index (χ2v) is 4.68. The van der Waals surface area contributed by atoms with Crippen LogP contribution in [0.15, 0.2) is 41.0 Å². The number of benzene rings is 1. The predicted octanol–water partition coefficient (Wildman–Crippen LogP) is 3.06. The predicted molar refractivity (Wildman–Crippen MR) is 74.2 cm³/mol. The van der Waals surface area contributed by atoms with Crippen molar-refractivity contribution in [2.45, 2.75) is 0 Å². The van der Waals surface area contributed by atoms with Gasteiger partial charge in [0.05, 0.1) is 12.8 Å². The average Bonchev–Trinajstić information content (AvgIpc) is 2.83. The Hall–Kier alpha value is -1.75. The van der Waals surface area contributed by atoms with Crippen LogP contribution in [0.5, 0.6) is 5.75 Å². The lowest BCUT2D eigenvalue weighted by Crippen LogP contribution is -2.26. The largest absolute Gasteiger partial charge is 0.495 e. The number of nitrogens with zero attached hydrogens (tertiary/aromatic N) is 1. The molecule has 1 aromatic carbocycles. The van der Waals surface area contributed by atoms with Crippen molar-refractivity contribution in [3.05, 3.63) is 46.7 Å². The molecule has 0 bridgehead atoms. The number of H-pyrrole nitrogens is 1. The number of amides is 1. The number of methoxy groups -OCH3 is 1. The topological polar surface area (TPSA) is 45.3 Å². The number of carbonyl (C=O) groups is 1. The number of ether oxygens (including phenoxy) is 1. The molecule has 1 aromatic heterocycles. The normalized spacial score (nSPS) is 10.2. The van der Waals surface area contributed by atoms with Crippen LogP contribution in [0, 0.1) is 0 Å². The van der Waals surface area contributed by atoms with Gasteiger partial charge in [0.1, 0.15) is 11.4 Å². The molecule has 0 atom stereocenters. The van der Waals surface area contributed by atoms with Crippen molar-refractivity contribution >= 4 is 27.5 Å². The summed E-state index contributed by atoms with van der Waals surface area (Å²) in [6.07, 6.45) is 1.73. The highest BCUT2D eigenvalue weighted by molar-refractivity contribution is 9.10. The van der Waals surface area contributed by atoms with Gasteiger partial charge >= 0.3 is 0 Å². The first kappa shape index (κ1) is 12.7. The number of aromatic amines is 1. The molecule has 0 radical (unpaired) electrons. The molecular formula is C13H13BrN2O2. The number of hydrogen-bond acceptors (Lipinski definition) is 2. The van der Waals surface area contributed by atoms with E-state index in [1.54, 1.807) is 31.3 Å². The quantitative estimate of drug-likeness (QED) is 0.947. The minimum atomic E-state index is -0.120. The van der Waals surface area contributed by atoms with E-state index in [-0.39, 0.29) is 5.91 Å². The van der Waals surface area contributed by atoms with Crippen LogP contribution >= 0.6 is 15.9 Å². The number of anilines is 1. The number of rotatable bonds is 3. The van der Waals surface area contributed by atoms with E-state index in [2.05, 4.69) is 20.9 Å². The Morgan fingerprint density at radius 3 is 2.72 bits per heavy atom. The van der Waals surface area contributed by atoms with E-state index in [0.29, 0.717) is 11.4 Å². The van der Waals surface area contributed by atoms with Crippen LogP contribution in [-0.2, 0) is 0 Å². The zero-order valence-corrected chi connectivity index (χ0v) is 11.7. The van der Waals surface area contributed by atoms with Gasteiger partial charge < -0.3 is 14.6 Å². The van der Waals surface area contributed by atoms with Gasteiger partial charge in [0.25, 0.3) is 5.91 Å². The minimum Gasteiger partial charge on any atom is -0.495 e. The van der Waals surface area contributed by atoms with E-state index in [1.165, 1.54) is 0 Å². The van der Waals surface area contributed by atoms with Crippen LogP contribution in [0.4, 0.5) is 5.69 Å². The molecule has 0 aliphatic carbocycles. The Morgan fingerprint density at radius 1 is 1.39 bits per heavy atom. The summed E-state index contributed by atoms with van der Waals surface area (Å²) in [7, 11) is 3.30. The fourth-order valence-electron chi connectivity index (χ4n) is 1.69. The van der Waals surface area contributed by atoms with E-state index < -0.39 is 0 Å². The molecule has 1 heterocycles. The monoisotopic (exact) mass is 308 g/mol. The van der Waals surface area contributed by atoms with Gasteiger partial charge in [-0.25, -0.2) is 0 Å². The first-order valence-corrected chi connectivity index (χ1v) is 6.17. The summed E-state index contributed by atoms with van der Waals surface area (Å²) in [6, 6.07) is 9.14. The van der Waals surface area contributed by atoms with Crippen LogP contribution in [-0.4, -0.2) is 25.0 Å². The van der Waals surface area contributed by atoms with Crippen molar-refractivity contribution in [1.82, 2.24) is 4.98 Å². The Balaban J connectivity index is 2.31. The molecule has 0 aliphatic heterocycles. The van der Waals surface area contributed by atoms with E-state index in [9.17, 15) is 4.79 Å². The van der Waals surface area contributed by atoms with E-state index in [0.717, 1.165) is 10.2 Å². The van der Waals surface area contributed by atoms with Crippen LogP contribution in [0.25, 0.3) is 0 Å². The number of halogens is 1. The molecule has 0 aliphatic rings. The maximum absolute atomic E-state index is 12.2. The van der Waals surface area contributed by atoms with Crippen LogP contribution in [0.3, 0.4) is 0 Å². The van der Waals surface area contributed by atoms with Gasteiger partial charge in [-0.1, -0.05) is 12.1 Å². The van der Waals surface area contributed by atoms with Gasteiger partial charge in [0.15, 0.2) is 0 Å². The standard InChI is InChI=1S/C13H13BrN2O2/c1-16(11-5-3-4-6-12(11)18-2)13(17)10-7-9(14)8-15-10/h3-8,15H,1-2H3. The smallest absolute Gasteiger partial charge is 0.274 e. The molecule has 18 heavy (non-hydrogen) atoms. The lowest BCUT2D eigenvalue weighted by Gasteiger charge is -2.19. The molecule has 1 amide bonds. The zero-order valence-electron chi connectivity index (χ0n) is 10.1.